The molecule has 0 unspecified atom stereocenters. The molecule has 0 bridgehead atoms. The lowest BCUT2D eigenvalue weighted by Crippen LogP contribution is -2.32. The van der Waals surface area contributed by atoms with Crippen LogP contribution in [0.4, 0.5) is 0 Å². The van der Waals surface area contributed by atoms with Crippen molar-refractivity contribution in [3.63, 3.8) is 0 Å². The van der Waals surface area contributed by atoms with E-state index in [1.165, 1.54) is 11.3 Å². The van der Waals surface area contributed by atoms with Gasteiger partial charge in [0, 0.05) is 16.3 Å². The molecule has 66 valence electrons. The van der Waals surface area contributed by atoms with E-state index < -0.39 is 12.0 Å². The van der Waals surface area contributed by atoms with Gasteiger partial charge in [-0.25, -0.2) is 0 Å². The van der Waals surface area contributed by atoms with Gasteiger partial charge in [-0.2, -0.15) is 11.3 Å². The van der Waals surface area contributed by atoms with Crippen LogP contribution in [0.1, 0.15) is 5.56 Å². The van der Waals surface area contributed by atoms with Crippen molar-refractivity contribution in [1.29, 1.82) is 0 Å². The van der Waals surface area contributed by atoms with E-state index in [9.17, 15) is 4.79 Å². The highest BCUT2D eigenvalue weighted by molar-refractivity contribution is 9.10. The van der Waals surface area contributed by atoms with Crippen molar-refractivity contribution in [1.82, 2.24) is 0 Å². The summed E-state index contributed by atoms with van der Waals surface area (Å²) in [4.78, 5) is 10.4. The number of hydrogen-bond acceptors (Lipinski definition) is 3. The van der Waals surface area contributed by atoms with Crippen LogP contribution < -0.4 is 5.73 Å². The van der Waals surface area contributed by atoms with Crippen molar-refractivity contribution in [3.05, 3.63) is 20.8 Å². The number of thiophene rings is 1. The lowest BCUT2D eigenvalue weighted by Gasteiger charge is -2.04. The van der Waals surface area contributed by atoms with Gasteiger partial charge >= 0.3 is 5.97 Å². The monoisotopic (exact) mass is 249 g/mol. The summed E-state index contributed by atoms with van der Waals surface area (Å²) in [6.07, 6.45) is 0.374. The molecule has 12 heavy (non-hydrogen) atoms. The zero-order chi connectivity index (χ0) is 9.14. The molecule has 0 aromatic carbocycles. The zero-order valence-electron chi connectivity index (χ0n) is 6.16. The highest BCUT2D eigenvalue weighted by Gasteiger charge is 2.13. The van der Waals surface area contributed by atoms with Gasteiger partial charge in [0.1, 0.15) is 6.04 Å². The number of hydrogen-bond donors (Lipinski definition) is 2. The maximum absolute atomic E-state index is 10.4. The second kappa shape index (κ2) is 4.02. The van der Waals surface area contributed by atoms with Gasteiger partial charge in [0.2, 0.25) is 0 Å². The lowest BCUT2D eigenvalue weighted by atomic mass is 10.1. The normalized spacial score (nSPS) is 12.8. The average molecular weight is 250 g/mol. The molecule has 0 fully saturated rings. The van der Waals surface area contributed by atoms with Gasteiger partial charge in [-0.15, -0.1) is 0 Å². The smallest absolute Gasteiger partial charge is 0.320 e. The van der Waals surface area contributed by atoms with Crippen LogP contribution in [0.5, 0.6) is 0 Å². The second-order valence-corrected chi connectivity index (χ2v) is 3.99. The van der Waals surface area contributed by atoms with Gasteiger partial charge < -0.3 is 10.8 Å². The summed E-state index contributed by atoms with van der Waals surface area (Å²) in [6, 6.07) is -0.809. The van der Waals surface area contributed by atoms with Crippen LogP contribution in [0, 0.1) is 0 Å². The van der Waals surface area contributed by atoms with Crippen molar-refractivity contribution < 1.29 is 9.90 Å². The van der Waals surface area contributed by atoms with E-state index in [4.69, 9.17) is 10.8 Å². The first-order valence-corrected chi connectivity index (χ1v) is 5.04. The van der Waals surface area contributed by atoms with E-state index in [1.54, 1.807) is 0 Å². The fraction of sp³-hybridized carbons (Fsp3) is 0.286. The first-order valence-electron chi connectivity index (χ1n) is 3.30. The largest absolute Gasteiger partial charge is 0.480 e. The lowest BCUT2D eigenvalue weighted by molar-refractivity contribution is -0.138. The fourth-order valence-electron chi connectivity index (χ4n) is 0.778. The molecule has 3 N–H and O–H groups in total. The van der Waals surface area contributed by atoms with Crippen LogP contribution in [0.2, 0.25) is 0 Å². The van der Waals surface area contributed by atoms with E-state index in [-0.39, 0.29) is 0 Å². The molecule has 0 saturated heterocycles. The Kier molecular flexibility index (Phi) is 3.25. The number of aliphatic carboxylic acids is 1. The molecule has 0 saturated carbocycles. The molecule has 0 amide bonds. The minimum absolute atomic E-state index is 0.374. The Hall–Kier alpha value is -0.390. The summed E-state index contributed by atoms with van der Waals surface area (Å²) in [5.41, 5.74) is 6.31. The van der Waals surface area contributed by atoms with Gasteiger partial charge in [-0.1, -0.05) is 0 Å². The van der Waals surface area contributed by atoms with Crippen molar-refractivity contribution in [2.24, 2.45) is 5.73 Å². The van der Waals surface area contributed by atoms with Crippen molar-refractivity contribution in [2.45, 2.75) is 12.5 Å². The first-order chi connectivity index (χ1) is 5.61. The molecule has 0 spiro atoms. The number of rotatable bonds is 3. The van der Waals surface area contributed by atoms with Crippen LogP contribution in [-0.4, -0.2) is 17.1 Å². The number of halogens is 1. The Morgan fingerprint density at radius 3 is 2.83 bits per heavy atom. The summed E-state index contributed by atoms with van der Waals surface area (Å²) in [5.74, 6) is -0.965. The molecule has 1 heterocycles. The van der Waals surface area contributed by atoms with E-state index >= 15 is 0 Å². The average Bonchev–Trinajstić information content (AvgIpc) is 2.36. The molecule has 0 aliphatic carbocycles. The maximum Gasteiger partial charge on any atom is 0.320 e. The third-order valence-electron chi connectivity index (χ3n) is 1.45. The van der Waals surface area contributed by atoms with E-state index in [0.29, 0.717) is 6.42 Å². The maximum atomic E-state index is 10.4. The molecule has 1 aromatic rings. The number of carboxylic acids is 1. The Morgan fingerprint density at radius 1 is 1.75 bits per heavy atom. The van der Waals surface area contributed by atoms with Gasteiger partial charge in [-0.3, -0.25) is 4.79 Å². The highest BCUT2D eigenvalue weighted by atomic mass is 79.9. The van der Waals surface area contributed by atoms with Crippen molar-refractivity contribution in [2.75, 3.05) is 0 Å². The number of carbonyl (C=O) groups is 1. The van der Waals surface area contributed by atoms with E-state index in [0.717, 1.165) is 10.0 Å². The molecule has 3 nitrogen and oxygen atoms in total. The molecule has 0 aliphatic heterocycles. The van der Waals surface area contributed by atoms with Gasteiger partial charge in [0.05, 0.1) is 0 Å². The minimum Gasteiger partial charge on any atom is -0.480 e. The summed E-state index contributed by atoms with van der Waals surface area (Å²) >= 11 is 4.83. The molecular formula is C7H8BrNO2S. The third kappa shape index (κ3) is 2.30. The quantitative estimate of drug-likeness (QED) is 0.853. The van der Waals surface area contributed by atoms with Crippen LogP contribution in [0.3, 0.4) is 0 Å². The summed E-state index contributed by atoms with van der Waals surface area (Å²) in [6.45, 7) is 0. The Balaban J connectivity index is 2.64. The molecule has 1 atom stereocenters. The van der Waals surface area contributed by atoms with E-state index in [2.05, 4.69) is 15.9 Å². The van der Waals surface area contributed by atoms with Crippen molar-refractivity contribution in [3.8, 4) is 0 Å². The van der Waals surface area contributed by atoms with E-state index in [1.807, 2.05) is 10.8 Å². The number of nitrogens with two attached hydrogens (primary N) is 1. The molecular weight excluding hydrogens is 242 g/mol. The molecule has 1 rings (SSSR count). The summed E-state index contributed by atoms with van der Waals surface area (Å²) < 4.78 is 0.934. The second-order valence-electron chi connectivity index (χ2n) is 2.39. The number of carboxylic acid groups (broad SMARTS) is 1. The highest BCUT2D eigenvalue weighted by Crippen LogP contribution is 2.22. The topological polar surface area (TPSA) is 63.3 Å². The van der Waals surface area contributed by atoms with Gasteiger partial charge in [0.25, 0.3) is 0 Å². The first kappa shape index (κ1) is 9.70. The Bertz CT molecular complexity index is 287. The SMILES string of the molecule is N[C@@H](Cc1cscc1Br)C(=O)O. The third-order valence-corrected chi connectivity index (χ3v) is 3.28. The van der Waals surface area contributed by atoms with Crippen LogP contribution in [-0.2, 0) is 11.2 Å². The Labute approximate surface area is 82.3 Å². The summed E-state index contributed by atoms with van der Waals surface area (Å²) in [5, 5.41) is 12.3. The van der Waals surface area contributed by atoms with Crippen LogP contribution >= 0.6 is 27.3 Å². The molecule has 1 aromatic heterocycles. The zero-order valence-corrected chi connectivity index (χ0v) is 8.56. The van der Waals surface area contributed by atoms with Gasteiger partial charge in [0.15, 0.2) is 0 Å². The molecule has 0 radical (unpaired) electrons. The predicted molar refractivity (Wildman–Crippen MR) is 51.3 cm³/mol. The standard InChI is InChI=1S/C7H8BrNO2S/c8-5-3-12-2-4(5)1-6(9)7(10)11/h2-3,6H,1,9H2,(H,10,11)/t6-/m0/s1. The minimum atomic E-state index is -0.965. The molecule has 0 aliphatic rings. The van der Waals surface area contributed by atoms with Gasteiger partial charge in [-0.05, 0) is 26.9 Å². The van der Waals surface area contributed by atoms with Crippen molar-refractivity contribution >= 4 is 33.2 Å². The van der Waals surface area contributed by atoms with Crippen LogP contribution in [0.15, 0.2) is 15.2 Å². The summed E-state index contributed by atoms with van der Waals surface area (Å²) in [7, 11) is 0. The van der Waals surface area contributed by atoms with Crippen LogP contribution in [0.25, 0.3) is 0 Å². The Morgan fingerprint density at radius 2 is 2.42 bits per heavy atom. The molecule has 5 heteroatoms. The fourth-order valence-corrected chi connectivity index (χ4v) is 2.26. The predicted octanol–water partition coefficient (Wildman–Crippen LogP) is 1.47.